The first-order chi connectivity index (χ1) is 20.0. The lowest BCUT2D eigenvalue weighted by molar-refractivity contribution is -0.143. The molecule has 2 heterocycles. The minimum atomic E-state index is -0.801. The van der Waals surface area contributed by atoms with Crippen LogP contribution in [0.2, 0.25) is 10.0 Å². The summed E-state index contributed by atoms with van der Waals surface area (Å²) < 4.78 is 13.6. The van der Waals surface area contributed by atoms with Crippen LogP contribution in [0, 0.1) is 11.7 Å². The fraction of sp³-hybridized carbons (Fsp3) is 0.516. The Morgan fingerprint density at radius 2 is 1.79 bits per heavy atom. The smallest absolute Gasteiger partial charge is 0.245 e. The molecule has 0 aliphatic carbocycles. The van der Waals surface area contributed by atoms with Gasteiger partial charge >= 0.3 is 0 Å². The summed E-state index contributed by atoms with van der Waals surface area (Å²) in [6.45, 7) is 8.28. The number of amides is 3. The Bertz CT molecular complexity index is 1270. The number of hydrogen-bond acceptors (Lipinski definition) is 5. The second kappa shape index (κ2) is 14.2. The van der Waals surface area contributed by atoms with Crippen LogP contribution in [0.5, 0.6) is 0 Å². The maximum atomic E-state index is 14.1. The number of nitrogens with one attached hydrogen (secondary N) is 2. The molecule has 42 heavy (non-hydrogen) atoms. The fourth-order valence-corrected chi connectivity index (χ4v) is 6.39. The van der Waals surface area contributed by atoms with Gasteiger partial charge in [-0.25, -0.2) is 4.39 Å². The molecule has 0 spiro atoms. The Kier molecular flexibility index (Phi) is 10.9. The minimum Gasteiger partial charge on any atom is -0.369 e. The van der Waals surface area contributed by atoms with Crippen LogP contribution in [0.25, 0.3) is 0 Å². The molecule has 0 saturated carbocycles. The third-order valence-electron chi connectivity index (χ3n) is 8.51. The van der Waals surface area contributed by atoms with Gasteiger partial charge in [-0.05, 0) is 67.6 Å². The molecule has 5 unspecified atom stereocenters. The van der Waals surface area contributed by atoms with Crippen molar-refractivity contribution in [2.45, 2.75) is 70.1 Å². The molecule has 3 amide bonds. The molecule has 11 heteroatoms. The number of carbonyl (C=O) groups is 3. The summed E-state index contributed by atoms with van der Waals surface area (Å²) in [5, 5.41) is 6.93. The van der Waals surface area contributed by atoms with Crippen LogP contribution < -0.4 is 16.4 Å². The third kappa shape index (κ3) is 7.61. The monoisotopic (exact) mass is 619 g/mol. The summed E-state index contributed by atoms with van der Waals surface area (Å²) in [6, 6.07) is 9.53. The summed E-state index contributed by atoms with van der Waals surface area (Å²) in [5.41, 5.74) is 7.32. The van der Waals surface area contributed by atoms with E-state index in [1.165, 1.54) is 12.1 Å². The molecule has 2 aromatic carbocycles. The number of carbonyl (C=O) groups excluding carboxylic acids is 3. The number of nitrogens with two attached hydrogens (primary N) is 1. The van der Waals surface area contributed by atoms with E-state index >= 15 is 0 Å². The summed E-state index contributed by atoms with van der Waals surface area (Å²) in [5.74, 6) is -1.73. The molecule has 5 atom stereocenters. The minimum absolute atomic E-state index is 0.0969. The SMILES string of the molecule is CC(C)C1CN(C(C)C(C(N)=O)c2ccc(Cl)c(Cl)c2)CCN1C(=O)C(Cc1ccc(F)cc1)NC(=O)C1CCCN1. The molecule has 0 aromatic heterocycles. The zero-order valence-corrected chi connectivity index (χ0v) is 25.8. The summed E-state index contributed by atoms with van der Waals surface area (Å²) in [7, 11) is 0. The lowest BCUT2D eigenvalue weighted by atomic mass is 9.88. The Balaban J connectivity index is 1.54. The van der Waals surface area contributed by atoms with Gasteiger partial charge in [-0.1, -0.05) is 55.2 Å². The van der Waals surface area contributed by atoms with E-state index in [0.29, 0.717) is 41.7 Å². The van der Waals surface area contributed by atoms with Gasteiger partial charge in [0.25, 0.3) is 0 Å². The highest BCUT2D eigenvalue weighted by Gasteiger charge is 2.40. The van der Waals surface area contributed by atoms with E-state index in [0.717, 1.165) is 18.5 Å². The van der Waals surface area contributed by atoms with Crippen LogP contribution >= 0.6 is 23.2 Å². The van der Waals surface area contributed by atoms with Crippen molar-refractivity contribution >= 4 is 40.9 Å². The number of benzene rings is 2. The van der Waals surface area contributed by atoms with E-state index in [2.05, 4.69) is 29.4 Å². The van der Waals surface area contributed by atoms with Crippen LogP contribution in [-0.2, 0) is 20.8 Å². The van der Waals surface area contributed by atoms with Crippen molar-refractivity contribution in [3.8, 4) is 0 Å². The molecule has 2 aromatic rings. The van der Waals surface area contributed by atoms with Gasteiger partial charge in [-0.15, -0.1) is 0 Å². The second-order valence-corrected chi connectivity index (χ2v) is 12.5. The molecule has 0 bridgehead atoms. The van der Waals surface area contributed by atoms with Crippen LogP contribution in [0.4, 0.5) is 4.39 Å². The molecule has 4 rings (SSSR count). The zero-order valence-electron chi connectivity index (χ0n) is 24.3. The predicted octanol–water partition coefficient (Wildman–Crippen LogP) is 3.74. The standard InChI is InChI=1S/C31H40Cl2FN5O3/c1-18(2)27-17-38(19(3)28(29(35)40)21-8-11-23(32)24(33)16-21)13-14-39(27)31(42)26(15-20-6-9-22(34)10-7-20)37-30(41)25-5-4-12-36-25/h6-11,16,18-19,25-28,36H,4-5,12-15,17H2,1-3H3,(H2,35,40)(H,37,41). The van der Waals surface area contributed by atoms with Crippen molar-refractivity contribution in [1.82, 2.24) is 20.4 Å². The van der Waals surface area contributed by atoms with Crippen LogP contribution in [-0.4, -0.2) is 77.9 Å². The highest BCUT2D eigenvalue weighted by atomic mass is 35.5. The van der Waals surface area contributed by atoms with E-state index in [4.69, 9.17) is 28.9 Å². The van der Waals surface area contributed by atoms with Crippen molar-refractivity contribution in [2.24, 2.45) is 11.7 Å². The zero-order chi connectivity index (χ0) is 30.6. The Morgan fingerprint density at radius 1 is 1.07 bits per heavy atom. The number of nitrogens with zero attached hydrogens (tertiary/aromatic N) is 2. The molecular formula is C31H40Cl2FN5O3. The topological polar surface area (TPSA) is 108 Å². The molecule has 228 valence electrons. The van der Waals surface area contributed by atoms with Crippen molar-refractivity contribution in [2.75, 3.05) is 26.2 Å². The van der Waals surface area contributed by atoms with Crippen molar-refractivity contribution in [1.29, 1.82) is 0 Å². The maximum Gasteiger partial charge on any atom is 0.245 e. The molecule has 8 nitrogen and oxygen atoms in total. The van der Waals surface area contributed by atoms with Gasteiger partial charge in [0.1, 0.15) is 11.9 Å². The van der Waals surface area contributed by atoms with Gasteiger partial charge in [0.05, 0.1) is 22.0 Å². The van der Waals surface area contributed by atoms with Crippen molar-refractivity contribution in [3.05, 3.63) is 69.5 Å². The lowest BCUT2D eigenvalue weighted by Gasteiger charge is -2.47. The number of piperazine rings is 1. The normalized spacial score (nSPS) is 21.6. The van der Waals surface area contributed by atoms with E-state index < -0.39 is 17.9 Å². The molecule has 0 radical (unpaired) electrons. The summed E-state index contributed by atoms with van der Waals surface area (Å²) in [6.07, 6.45) is 1.87. The first-order valence-corrected chi connectivity index (χ1v) is 15.3. The van der Waals surface area contributed by atoms with Gasteiger partial charge in [-0.3, -0.25) is 19.3 Å². The van der Waals surface area contributed by atoms with E-state index in [1.807, 2.05) is 11.8 Å². The third-order valence-corrected chi connectivity index (χ3v) is 9.25. The van der Waals surface area contributed by atoms with Gasteiger partial charge in [0, 0.05) is 38.1 Å². The predicted molar refractivity (Wildman–Crippen MR) is 163 cm³/mol. The van der Waals surface area contributed by atoms with E-state index in [1.54, 1.807) is 30.3 Å². The fourth-order valence-electron chi connectivity index (χ4n) is 6.08. The first-order valence-electron chi connectivity index (χ1n) is 14.5. The Morgan fingerprint density at radius 3 is 2.38 bits per heavy atom. The molecular weight excluding hydrogens is 580 g/mol. The van der Waals surface area contributed by atoms with Gasteiger partial charge in [0.15, 0.2) is 0 Å². The van der Waals surface area contributed by atoms with Crippen molar-refractivity contribution in [3.63, 3.8) is 0 Å². The van der Waals surface area contributed by atoms with Crippen LogP contribution in [0.15, 0.2) is 42.5 Å². The highest BCUT2D eigenvalue weighted by molar-refractivity contribution is 6.42. The first kappa shape index (κ1) is 32.2. The molecule has 4 N–H and O–H groups in total. The van der Waals surface area contributed by atoms with E-state index in [9.17, 15) is 18.8 Å². The number of rotatable bonds is 10. The highest BCUT2D eigenvalue weighted by Crippen LogP contribution is 2.31. The Hall–Kier alpha value is -2.72. The average molecular weight is 621 g/mol. The molecule has 2 fully saturated rings. The number of halogens is 3. The molecule has 2 aliphatic rings. The lowest BCUT2D eigenvalue weighted by Crippen LogP contribution is -2.63. The quantitative estimate of drug-likeness (QED) is 0.375. The van der Waals surface area contributed by atoms with Crippen molar-refractivity contribution < 1.29 is 18.8 Å². The van der Waals surface area contributed by atoms with Crippen LogP contribution in [0.1, 0.15) is 50.7 Å². The largest absolute Gasteiger partial charge is 0.369 e. The van der Waals surface area contributed by atoms with Gasteiger partial charge < -0.3 is 21.3 Å². The number of primary amides is 1. The van der Waals surface area contributed by atoms with E-state index in [-0.39, 0.29) is 48.1 Å². The number of hydrogen-bond donors (Lipinski definition) is 3. The maximum absolute atomic E-state index is 14.1. The van der Waals surface area contributed by atoms with Crippen LogP contribution in [0.3, 0.4) is 0 Å². The molecule has 2 saturated heterocycles. The van der Waals surface area contributed by atoms with Gasteiger partial charge in [0.2, 0.25) is 17.7 Å². The second-order valence-electron chi connectivity index (χ2n) is 11.7. The van der Waals surface area contributed by atoms with Gasteiger partial charge in [-0.2, -0.15) is 0 Å². The average Bonchev–Trinajstić information content (AvgIpc) is 3.50. The Labute approximate surface area is 257 Å². The summed E-state index contributed by atoms with van der Waals surface area (Å²) in [4.78, 5) is 43.9. The summed E-state index contributed by atoms with van der Waals surface area (Å²) >= 11 is 12.4. The molecule has 2 aliphatic heterocycles.